The molecule has 30 heavy (non-hydrogen) atoms. The summed E-state index contributed by atoms with van der Waals surface area (Å²) >= 11 is 3.49. The molecule has 0 saturated carbocycles. The van der Waals surface area contributed by atoms with Crippen LogP contribution in [0.4, 0.5) is 9.18 Å². The first-order valence-electron chi connectivity index (χ1n) is 9.61. The minimum atomic E-state index is -0.420. The van der Waals surface area contributed by atoms with Crippen LogP contribution in [0.15, 0.2) is 46.6 Å². The Hall–Kier alpha value is -2.87. The Kier molecular flexibility index (Phi) is 7.10. The Morgan fingerprint density at radius 3 is 2.53 bits per heavy atom. The summed E-state index contributed by atoms with van der Waals surface area (Å²) in [6.45, 7) is 4.77. The fraction of sp³-hybridized carbons (Fsp3) is 0.273. The van der Waals surface area contributed by atoms with Gasteiger partial charge in [0.05, 0.1) is 11.1 Å². The Labute approximate surface area is 182 Å². The molecular formula is C22H22BrFN2O4. The van der Waals surface area contributed by atoms with Crippen molar-refractivity contribution in [1.82, 2.24) is 10.2 Å². The molecule has 1 heterocycles. The molecule has 1 N–H and O–H groups in total. The van der Waals surface area contributed by atoms with Gasteiger partial charge in [-0.1, -0.05) is 19.1 Å². The van der Waals surface area contributed by atoms with Crippen LogP contribution >= 0.6 is 15.9 Å². The van der Waals surface area contributed by atoms with E-state index in [1.54, 1.807) is 30.3 Å². The first-order valence-corrected chi connectivity index (χ1v) is 10.4. The van der Waals surface area contributed by atoms with Crippen molar-refractivity contribution < 1.29 is 23.5 Å². The molecule has 0 spiro atoms. The van der Waals surface area contributed by atoms with E-state index >= 15 is 0 Å². The molecule has 1 aliphatic heterocycles. The van der Waals surface area contributed by atoms with Crippen molar-refractivity contribution >= 4 is 33.9 Å². The van der Waals surface area contributed by atoms with Gasteiger partial charge in [-0.3, -0.25) is 9.69 Å². The molecule has 0 unspecified atom stereocenters. The molecule has 0 radical (unpaired) electrons. The standard InChI is InChI=1S/C22H22BrFN2O4/c1-3-9-26-21(27)18(25-22(26)28)11-15-10-17(23)20(19(12-15)29-4-2)30-13-14-5-7-16(24)8-6-14/h5-8,10-12H,3-4,9,13H2,1-2H3,(H,25,28)/b18-11+. The van der Waals surface area contributed by atoms with Crippen LogP contribution in [-0.4, -0.2) is 30.0 Å². The van der Waals surface area contributed by atoms with Gasteiger partial charge in [0.2, 0.25) is 0 Å². The van der Waals surface area contributed by atoms with Crippen molar-refractivity contribution in [3.8, 4) is 11.5 Å². The molecule has 8 heteroatoms. The predicted molar refractivity (Wildman–Crippen MR) is 115 cm³/mol. The van der Waals surface area contributed by atoms with Crippen LogP contribution in [0.2, 0.25) is 0 Å². The van der Waals surface area contributed by atoms with Gasteiger partial charge in [0, 0.05) is 6.54 Å². The van der Waals surface area contributed by atoms with E-state index in [4.69, 9.17) is 9.47 Å². The second-order valence-electron chi connectivity index (χ2n) is 6.62. The number of amides is 3. The van der Waals surface area contributed by atoms with Gasteiger partial charge in [-0.05, 0) is 70.7 Å². The minimum Gasteiger partial charge on any atom is -0.490 e. The monoisotopic (exact) mass is 476 g/mol. The van der Waals surface area contributed by atoms with Crippen LogP contribution in [0.25, 0.3) is 6.08 Å². The lowest BCUT2D eigenvalue weighted by Gasteiger charge is -2.15. The quantitative estimate of drug-likeness (QED) is 0.435. The summed E-state index contributed by atoms with van der Waals surface area (Å²) in [6.07, 6.45) is 2.29. The van der Waals surface area contributed by atoms with Crippen molar-refractivity contribution in [3.63, 3.8) is 0 Å². The molecule has 158 valence electrons. The maximum Gasteiger partial charge on any atom is 0.329 e. The van der Waals surface area contributed by atoms with E-state index in [1.807, 2.05) is 13.8 Å². The number of nitrogens with zero attached hydrogens (tertiary/aromatic N) is 1. The largest absolute Gasteiger partial charge is 0.490 e. The lowest BCUT2D eigenvalue weighted by molar-refractivity contribution is -0.122. The number of urea groups is 1. The molecule has 1 saturated heterocycles. The van der Waals surface area contributed by atoms with Gasteiger partial charge in [-0.25, -0.2) is 9.18 Å². The van der Waals surface area contributed by atoms with Crippen molar-refractivity contribution in [3.05, 3.63) is 63.5 Å². The number of carbonyl (C=O) groups excluding carboxylic acids is 2. The summed E-state index contributed by atoms with van der Waals surface area (Å²) in [4.78, 5) is 25.6. The fourth-order valence-electron chi connectivity index (χ4n) is 2.98. The second-order valence-corrected chi connectivity index (χ2v) is 7.48. The molecule has 0 bridgehead atoms. The number of imide groups is 1. The molecule has 6 nitrogen and oxygen atoms in total. The molecule has 0 atom stereocenters. The second kappa shape index (κ2) is 9.75. The zero-order valence-electron chi connectivity index (χ0n) is 16.7. The zero-order valence-corrected chi connectivity index (χ0v) is 18.3. The van der Waals surface area contributed by atoms with Gasteiger partial charge >= 0.3 is 6.03 Å². The van der Waals surface area contributed by atoms with Gasteiger partial charge in [0.1, 0.15) is 18.1 Å². The van der Waals surface area contributed by atoms with Crippen LogP contribution in [0.3, 0.4) is 0 Å². The molecule has 0 aliphatic carbocycles. The number of ether oxygens (including phenoxy) is 2. The van der Waals surface area contributed by atoms with Crippen LogP contribution in [0.5, 0.6) is 11.5 Å². The highest BCUT2D eigenvalue weighted by Gasteiger charge is 2.32. The smallest absolute Gasteiger partial charge is 0.329 e. The minimum absolute atomic E-state index is 0.211. The third-order valence-electron chi connectivity index (χ3n) is 4.35. The molecule has 3 rings (SSSR count). The first-order chi connectivity index (χ1) is 14.4. The molecule has 2 aromatic carbocycles. The topological polar surface area (TPSA) is 67.9 Å². The SMILES string of the molecule is CCCN1C(=O)N/C(=C/c2cc(Br)c(OCc3ccc(F)cc3)c(OCC)c2)C1=O. The third kappa shape index (κ3) is 4.99. The number of benzene rings is 2. The zero-order chi connectivity index (χ0) is 21.7. The normalized spacial score (nSPS) is 14.9. The van der Waals surface area contributed by atoms with Crippen LogP contribution in [-0.2, 0) is 11.4 Å². The molecule has 2 aromatic rings. The van der Waals surface area contributed by atoms with Crippen LogP contribution < -0.4 is 14.8 Å². The molecule has 3 amide bonds. The van der Waals surface area contributed by atoms with E-state index < -0.39 is 6.03 Å². The molecule has 0 aromatic heterocycles. The average Bonchev–Trinajstić information content (AvgIpc) is 2.97. The molecular weight excluding hydrogens is 455 g/mol. The number of nitrogens with one attached hydrogen (secondary N) is 1. The summed E-state index contributed by atoms with van der Waals surface area (Å²) in [6, 6.07) is 9.15. The fourth-order valence-corrected chi connectivity index (χ4v) is 3.55. The summed E-state index contributed by atoms with van der Waals surface area (Å²) in [5.41, 5.74) is 1.69. The number of rotatable bonds is 8. The first kappa shape index (κ1) is 21.8. The third-order valence-corrected chi connectivity index (χ3v) is 4.94. The van der Waals surface area contributed by atoms with E-state index in [-0.39, 0.29) is 24.0 Å². The summed E-state index contributed by atoms with van der Waals surface area (Å²) in [5, 5.41) is 2.60. The predicted octanol–water partition coefficient (Wildman–Crippen LogP) is 4.87. The number of halogens is 2. The van der Waals surface area contributed by atoms with Crippen molar-refractivity contribution in [2.75, 3.05) is 13.2 Å². The number of carbonyl (C=O) groups is 2. The van der Waals surface area contributed by atoms with Gasteiger partial charge in [0.15, 0.2) is 11.5 Å². The molecule has 1 fully saturated rings. The van der Waals surface area contributed by atoms with Gasteiger partial charge < -0.3 is 14.8 Å². The van der Waals surface area contributed by atoms with Crippen molar-refractivity contribution in [1.29, 1.82) is 0 Å². The maximum absolute atomic E-state index is 13.1. The Bertz CT molecular complexity index is 976. The van der Waals surface area contributed by atoms with Crippen molar-refractivity contribution in [2.45, 2.75) is 26.9 Å². The van der Waals surface area contributed by atoms with Gasteiger partial charge in [-0.2, -0.15) is 0 Å². The van der Waals surface area contributed by atoms with E-state index in [1.165, 1.54) is 17.0 Å². The Morgan fingerprint density at radius 2 is 1.87 bits per heavy atom. The lowest BCUT2D eigenvalue weighted by Crippen LogP contribution is -2.31. The summed E-state index contributed by atoms with van der Waals surface area (Å²) in [7, 11) is 0. The van der Waals surface area contributed by atoms with E-state index in [9.17, 15) is 14.0 Å². The van der Waals surface area contributed by atoms with E-state index in [0.29, 0.717) is 41.1 Å². The van der Waals surface area contributed by atoms with E-state index in [0.717, 1.165) is 5.56 Å². The lowest BCUT2D eigenvalue weighted by atomic mass is 10.1. The Morgan fingerprint density at radius 1 is 1.13 bits per heavy atom. The average molecular weight is 477 g/mol. The maximum atomic E-state index is 13.1. The van der Waals surface area contributed by atoms with Crippen LogP contribution in [0.1, 0.15) is 31.4 Å². The van der Waals surface area contributed by atoms with Crippen LogP contribution in [0, 0.1) is 5.82 Å². The highest BCUT2D eigenvalue weighted by molar-refractivity contribution is 9.10. The number of hydrogen-bond acceptors (Lipinski definition) is 4. The van der Waals surface area contributed by atoms with E-state index in [2.05, 4.69) is 21.2 Å². The van der Waals surface area contributed by atoms with Gasteiger partial charge in [0.25, 0.3) is 5.91 Å². The highest BCUT2D eigenvalue weighted by atomic mass is 79.9. The van der Waals surface area contributed by atoms with Gasteiger partial charge in [-0.15, -0.1) is 0 Å². The molecule has 1 aliphatic rings. The van der Waals surface area contributed by atoms with Crippen molar-refractivity contribution in [2.24, 2.45) is 0 Å². The summed E-state index contributed by atoms with van der Waals surface area (Å²) in [5.74, 6) is 0.326. The summed E-state index contributed by atoms with van der Waals surface area (Å²) < 4.78 is 25.3. The highest BCUT2D eigenvalue weighted by Crippen LogP contribution is 2.38. The number of hydrogen-bond donors (Lipinski definition) is 1. The Balaban J connectivity index is 1.85.